The van der Waals surface area contributed by atoms with Gasteiger partial charge in [0, 0.05) is 32.0 Å². The number of nitrogens with one attached hydrogen (secondary N) is 2. The van der Waals surface area contributed by atoms with E-state index in [2.05, 4.69) is 27.8 Å². The fraction of sp³-hybridized carbons (Fsp3) is 0.737. The number of rotatable bonds is 8. The Bertz CT molecular complexity index is 784. The molecule has 4 unspecified atom stereocenters. The highest BCUT2D eigenvalue weighted by atomic mass is 32.2. The summed E-state index contributed by atoms with van der Waals surface area (Å²) >= 11 is 1.22. The number of imide groups is 1. The Labute approximate surface area is 173 Å². The Balaban J connectivity index is 1.18. The summed E-state index contributed by atoms with van der Waals surface area (Å²) in [5, 5.41) is 13.7. The molecular weight excluding hydrogens is 394 g/mol. The van der Waals surface area contributed by atoms with Gasteiger partial charge in [-0.05, 0) is 43.9 Å². The Hall–Kier alpha value is -2.10. The standard InChI is InChI=1S/C19H27N5O4S/c1-11(14-9-12-2-3-13(14)8-12)20-16(26)10-29-19-23-22-17(28-19)5-7-24-6-4-15(25)21-18(24)27/h11-14H,2-10H2,1H3,(H,20,26)(H,21,25,27). The molecule has 3 aliphatic rings. The molecule has 1 aromatic heterocycles. The molecule has 29 heavy (non-hydrogen) atoms. The van der Waals surface area contributed by atoms with Crippen LogP contribution in [0.1, 0.15) is 44.9 Å². The van der Waals surface area contributed by atoms with Crippen molar-refractivity contribution in [1.82, 2.24) is 25.7 Å². The summed E-state index contributed by atoms with van der Waals surface area (Å²) in [6.07, 6.45) is 5.95. The van der Waals surface area contributed by atoms with Gasteiger partial charge in [-0.1, -0.05) is 18.2 Å². The number of thioether (sulfide) groups is 1. The van der Waals surface area contributed by atoms with Gasteiger partial charge in [-0.3, -0.25) is 14.9 Å². The Kier molecular flexibility index (Phi) is 6.07. The summed E-state index contributed by atoms with van der Waals surface area (Å²) in [6, 6.07) is -0.184. The molecule has 0 radical (unpaired) electrons. The first-order valence-corrected chi connectivity index (χ1v) is 11.3. The number of fused-ring (bicyclic) bond motifs is 2. The Morgan fingerprint density at radius 3 is 2.93 bits per heavy atom. The smallest absolute Gasteiger partial charge is 0.324 e. The normalized spacial score (nSPS) is 27.2. The van der Waals surface area contributed by atoms with Crippen LogP contribution in [0, 0.1) is 17.8 Å². The van der Waals surface area contributed by atoms with Crippen molar-refractivity contribution in [3.8, 4) is 0 Å². The van der Waals surface area contributed by atoms with Crippen molar-refractivity contribution in [2.24, 2.45) is 17.8 Å². The Morgan fingerprint density at radius 1 is 1.34 bits per heavy atom. The van der Waals surface area contributed by atoms with Gasteiger partial charge in [-0.25, -0.2) is 4.79 Å². The third kappa shape index (κ3) is 4.91. The molecule has 4 atom stereocenters. The third-order valence-electron chi connectivity index (χ3n) is 6.34. The number of hydrogen-bond acceptors (Lipinski definition) is 7. The number of carbonyl (C=O) groups excluding carboxylic acids is 3. The molecule has 0 aromatic carbocycles. The van der Waals surface area contributed by atoms with Gasteiger partial charge in [0.25, 0.3) is 5.22 Å². The van der Waals surface area contributed by atoms with Crippen LogP contribution in [-0.4, -0.2) is 57.8 Å². The van der Waals surface area contributed by atoms with Crippen LogP contribution in [-0.2, 0) is 16.0 Å². The average molecular weight is 422 g/mol. The van der Waals surface area contributed by atoms with Gasteiger partial charge in [0.2, 0.25) is 17.7 Å². The number of nitrogens with zero attached hydrogens (tertiary/aromatic N) is 3. The largest absolute Gasteiger partial charge is 0.416 e. The minimum absolute atomic E-state index is 0.0142. The highest BCUT2D eigenvalue weighted by Crippen LogP contribution is 2.49. The lowest BCUT2D eigenvalue weighted by Gasteiger charge is -2.28. The molecule has 4 rings (SSSR count). The van der Waals surface area contributed by atoms with E-state index in [0.717, 1.165) is 11.8 Å². The van der Waals surface area contributed by atoms with Crippen molar-refractivity contribution in [1.29, 1.82) is 0 Å². The zero-order chi connectivity index (χ0) is 20.4. The van der Waals surface area contributed by atoms with Crippen LogP contribution < -0.4 is 10.6 Å². The summed E-state index contributed by atoms with van der Waals surface area (Å²) in [5.74, 6) is 2.64. The number of carbonyl (C=O) groups is 3. The molecule has 1 aromatic rings. The van der Waals surface area contributed by atoms with Crippen molar-refractivity contribution in [3.63, 3.8) is 0 Å². The maximum Gasteiger partial charge on any atom is 0.324 e. The zero-order valence-corrected chi connectivity index (χ0v) is 17.4. The highest BCUT2D eigenvalue weighted by molar-refractivity contribution is 7.99. The zero-order valence-electron chi connectivity index (χ0n) is 16.6. The lowest BCUT2D eigenvalue weighted by atomic mass is 9.84. The number of amides is 4. The second-order valence-corrected chi connectivity index (χ2v) is 9.21. The fourth-order valence-electron chi connectivity index (χ4n) is 4.88. The summed E-state index contributed by atoms with van der Waals surface area (Å²) in [4.78, 5) is 36.7. The minimum atomic E-state index is -0.392. The van der Waals surface area contributed by atoms with Crippen molar-refractivity contribution in [2.75, 3.05) is 18.8 Å². The minimum Gasteiger partial charge on any atom is -0.416 e. The predicted octanol–water partition coefficient (Wildman–Crippen LogP) is 1.59. The molecule has 0 spiro atoms. The monoisotopic (exact) mass is 421 g/mol. The van der Waals surface area contributed by atoms with Gasteiger partial charge in [0.15, 0.2) is 0 Å². The van der Waals surface area contributed by atoms with Crippen LogP contribution in [0.3, 0.4) is 0 Å². The van der Waals surface area contributed by atoms with Crippen molar-refractivity contribution in [2.45, 2.75) is 56.7 Å². The van der Waals surface area contributed by atoms with E-state index in [-0.39, 0.29) is 23.6 Å². The summed E-state index contributed by atoms with van der Waals surface area (Å²) in [6.45, 7) is 2.90. The number of urea groups is 1. The topological polar surface area (TPSA) is 117 Å². The SMILES string of the molecule is CC(NC(=O)CSc1nnc(CCN2CCC(=O)NC2=O)o1)C1CC2CCC1C2. The molecule has 2 heterocycles. The number of hydrogen-bond donors (Lipinski definition) is 2. The van der Waals surface area contributed by atoms with Crippen molar-refractivity contribution in [3.05, 3.63) is 5.89 Å². The maximum absolute atomic E-state index is 12.3. The van der Waals surface area contributed by atoms with Gasteiger partial charge >= 0.3 is 6.03 Å². The average Bonchev–Trinajstić information content (AvgIpc) is 3.42. The molecule has 3 fully saturated rings. The van der Waals surface area contributed by atoms with Gasteiger partial charge in [-0.2, -0.15) is 0 Å². The molecule has 1 saturated heterocycles. The van der Waals surface area contributed by atoms with E-state index < -0.39 is 6.03 Å². The molecule has 2 saturated carbocycles. The van der Waals surface area contributed by atoms with E-state index in [1.165, 1.54) is 37.4 Å². The molecule has 1 aliphatic heterocycles. The first kappa shape index (κ1) is 20.2. The number of aromatic nitrogens is 2. The third-order valence-corrected chi connectivity index (χ3v) is 7.16. The van der Waals surface area contributed by atoms with Crippen LogP contribution in [0.25, 0.3) is 0 Å². The van der Waals surface area contributed by atoms with Crippen LogP contribution in [0.2, 0.25) is 0 Å². The second-order valence-electron chi connectivity index (χ2n) is 8.29. The Morgan fingerprint density at radius 2 is 2.21 bits per heavy atom. The fourth-order valence-corrected chi connectivity index (χ4v) is 5.47. The first-order chi connectivity index (χ1) is 14.0. The summed E-state index contributed by atoms with van der Waals surface area (Å²) < 4.78 is 5.56. The van der Waals surface area contributed by atoms with E-state index in [9.17, 15) is 14.4 Å². The molecule has 4 amide bonds. The van der Waals surface area contributed by atoms with Gasteiger partial charge in [0.1, 0.15) is 0 Å². The van der Waals surface area contributed by atoms with Crippen LogP contribution in [0.5, 0.6) is 0 Å². The molecule has 10 heteroatoms. The predicted molar refractivity (Wildman–Crippen MR) is 105 cm³/mol. The second kappa shape index (κ2) is 8.73. The van der Waals surface area contributed by atoms with Crippen molar-refractivity contribution >= 4 is 29.6 Å². The molecule has 2 bridgehead atoms. The summed E-state index contributed by atoms with van der Waals surface area (Å²) in [7, 11) is 0. The molecule has 158 valence electrons. The lowest BCUT2D eigenvalue weighted by molar-refractivity contribution is -0.121. The molecule has 2 aliphatic carbocycles. The summed E-state index contributed by atoms with van der Waals surface area (Å²) in [5.41, 5.74) is 0. The van der Waals surface area contributed by atoms with E-state index in [0.29, 0.717) is 43.0 Å². The van der Waals surface area contributed by atoms with Crippen LogP contribution in [0.4, 0.5) is 4.79 Å². The van der Waals surface area contributed by atoms with Gasteiger partial charge in [-0.15, -0.1) is 10.2 Å². The van der Waals surface area contributed by atoms with Gasteiger partial charge < -0.3 is 14.6 Å². The van der Waals surface area contributed by atoms with Crippen LogP contribution >= 0.6 is 11.8 Å². The van der Waals surface area contributed by atoms with E-state index in [4.69, 9.17) is 4.42 Å². The highest BCUT2D eigenvalue weighted by Gasteiger charge is 2.42. The molecule has 9 nitrogen and oxygen atoms in total. The maximum atomic E-state index is 12.3. The van der Waals surface area contributed by atoms with Gasteiger partial charge in [0.05, 0.1) is 5.75 Å². The van der Waals surface area contributed by atoms with E-state index in [1.807, 2.05) is 0 Å². The van der Waals surface area contributed by atoms with Crippen LogP contribution in [0.15, 0.2) is 9.64 Å². The van der Waals surface area contributed by atoms with E-state index in [1.54, 1.807) is 4.90 Å². The van der Waals surface area contributed by atoms with E-state index >= 15 is 0 Å². The first-order valence-electron chi connectivity index (χ1n) is 10.3. The quantitative estimate of drug-likeness (QED) is 0.612. The lowest BCUT2D eigenvalue weighted by Crippen LogP contribution is -2.49. The molecule has 2 N–H and O–H groups in total. The molecular formula is C19H27N5O4S. The van der Waals surface area contributed by atoms with Crippen molar-refractivity contribution < 1.29 is 18.8 Å².